The van der Waals surface area contributed by atoms with E-state index in [1.54, 1.807) is 12.4 Å². The summed E-state index contributed by atoms with van der Waals surface area (Å²) in [6, 6.07) is 10.0. The number of aromatic nitrogens is 3. The maximum absolute atomic E-state index is 6.12. The molecule has 2 aromatic heterocycles. The summed E-state index contributed by atoms with van der Waals surface area (Å²) in [6.07, 6.45) is 7.99. The lowest BCUT2D eigenvalue weighted by molar-refractivity contribution is 0.171. The molecule has 6 nitrogen and oxygen atoms in total. The maximum Gasteiger partial charge on any atom is 0.172 e. The van der Waals surface area contributed by atoms with E-state index in [0.717, 1.165) is 54.3 Å². The summed E-state index contributed by atoms with van der Waals surface area (Å²) in [5.74, 6) is 2.64. The molecule has 1 saturated carbocycles. The molecule has 0 radical (unpaired) electrons. The van der Waals surface area contributed by atoms with E-state index in [1.807, 2.05) is 30.3 Å². The van der Waals surface area contributed by atoms with Gasteiger partial charge in [0.15, 0.2) is 11.6 Å². The predicted octanol–water partition coefficient (Wildman–Crippen LogP) is 4.30. The third kappa shape index (κ3) is 3.83. The summed E-state index contributed by atoms with van der Waals surface area (Å²) in [4.78, 5) is 16.2. The van der Waals surface area contributed by atoms with Crippen LogP contribution in [0, 0.1) is 0 Å². The van der Waals surface area contributed by atoms with E-state index in [-0.39, 0.29) is 6.10 Å². The van der Waals surface area contributed by atoms with Crippen LogP contribution in [0.2, 0.25) is 5.02 Å². The third-order valence-electron chi connectivity index (χ3n) is 5.21. The molecule has 28 heavy (non-hydrogen) atoms. The van der Waals surface area contributed by atoms with Gasteiger partial charge in [-0.3, -0.25) is 4.98 Å². The van der Waals surface area contributed by atoms with Crippen molar-refractivity contribution >= 4 is 34.3 Å². The van der Waals surface area contributed by atoms with E-state index in [9.17, 15) is 0 Å². The standard InChI is InChI=1S/C21H22ClN5O/c22-14-2-1-3-17(12-14)28-16-7-10-27(11-8-16)21-20(24-15-4-5-15)25-18-6-9-23-13-19(18)26-21/h1-3,6,9,12-13,15-16H,4-5,7-8,10-11H2,(H,24,25). The zero-order valence-electron chi connectivity index (χ0n) is 15.5. The quantitative estimate of drug-likeness (QED) is 0.694. The van der Waals surface area contributed by atoms with Crippen LogP contribution < -0.4 is 15.0 Å². The Morgan fingerprint density at radius 3 is 2.68 bits per heavy atom. The van der Waals surface area contributed by atoms with Crippen molar-refractivity contribution in [2.24, 2.45) is 0 Å². The fourth-order valence-corrected chi connectivity index (χ4v) is 3.73. The predicted molar refractivity (Wildman–Crippen MR) is 111 cm³/mol. The molecule has 5 rings (SSSR count). The first kappa shape index (κ1) is 17.5. The van der Waals surface area contributed by atoms with Gasteiger partial charge in [0.05, 0.1) is 11.7 Å². The lowest BCUT2D eigenvalue weighted by Gasteiger charge is -2.33. The summed E-state index contributed by atoms with van der Waals surface area (Å²) >= 11 is 6.06. The third-order valence-corrected chi connectivity index (χ3v) is 5.44. The first-order valence-corrected chi connectivity index (χ1v) is 10.2. The van der Waals surface area contributed by atoms with E-state index >= 15 is 0 Å². The van der Waals surface area contributed by atoms with Gasteiger partial charge < -0.3 is 15.0 Å². The number of rotatable bonds is 5. The second-order valence-electron chi connectivity index (χ2n) is 7.44. The lowest BCUT2D eigenvalue weighted by Crippen LogP contribution is -2.39. The van der Waals surface area contributed by atoms with Crippen molar-refractivity contribution < 1.29 is 4.74 Å². The molecule has 2 aliphatic rings. The minimum absolute atomic E-state index is 0.185. The highest BCUT2D eigenvalue weighted by atomic mass is 35.5. The van der Waals surface area contributed by atoms with Crippen LogP contribution in [0.3, 0.4) is 0 Å². The van der Waals surface area contributed by atoms with Crippen LogP contribution in [0.4, 0.5) is 11.6 Å². The van der Waals surface area contributed by atoms with Gasteiger partial charge in [0.1, 0.15) is 17.4 Å². The number of piperidine rings is 1. The normalized spacial score (nSPS) is 17.7. The number of hydrogen-bond acceptors (Lipinski definition) is 6. The highest BCUT2D eigenvalue weighted by Gasteiger charge is 2.28. The maximum atomic E-state index is 6.12. The molecule has 1 N–H and O–H groups in total. The molecular weight excluding hydrogens is 374 g/mol. The van der Waals surface area contributed by atoms with Crippen LogP contribution in [0.25, 0.3) is 11.0 Å². The molecule has 0 amide bonds. The molecule has 0 atom stereocenters. The van der Waals surface area contributed by atoms with Crippen molar-refractivity contribution in [2.75, 3.05) is 23.3 Å². The number of halogens is 1. The van der Waals surface area contributed by atoms with E-state index in [0.29, 0.717) is 11.1 Å². The van der Waals surface area contributed by atoms with E-state index in [1.165, 1.54) is 12.8 Å². The summed E-state index contributed by atoms with van der Waals surface area (Å²) in [5.41, 5.74) is 1.71. The second kappa shape index (κ2) is 7.43. The highest BCUT2D eigenvalue weighted by molar-refractivity contribution is 6.30. The Hall–Kier alpha value is -2.60. The molecule has 3 heterocycles. The van der Waals surface area contributed by atoms with E-state index in [4.69, 9.17) is 26.3 Å². The van der Waals surface area contributed by atoms with Gasteiger partial charge in [-0.1, -0.05) is 17.7 Å². The van der Waals surface area contributed by atoms with Gasteiger partial charge >= 0.3 is 0 Å². The second-order valence-corrected chi connectivity index (χ2v) is 7.88. The lowest BCUT2D eigenvalue weighted by atomic mass is 10.1. The summed E-state index contributed by atoms with van der Waals surface area (Å²) in [5, 5.41) is 4.25. The number of ether oxygens (including phenoxy) is 1. The molecule has 1 saturated heterocycles. The fraction of sp³-hybridized carbons (Fsp3) is 0.381. The Morgan fingerprint density at radius 1 is 1.04 bits per heavy atom. The summed E-state index contributed by atoms with van der Waals surface area (Å²) < 4.78 is 6.12. The molecule has 7 heteroatoms. The minimum Gasteiger partial charge on any atom is -0.490 e. The van der Waals surface area contributed by atoms with Gasteiger partial charge in [0, 0.05) is 43.2 Å². The summed E-state index contributed by atoms with van der Waals surface area (Å²) in [6.45, 7) is 1.76. The van der Waals surface area contributed by atoms with Crippen molar-refractivity contribution in [3.63, 3.8) is 0 Å². The van der Waals surface area contributed by atoms with Gasteiger partial charge in [-0.05, 0) is 37.1 Å². The molecule has 0 spiro atoms. The minimum atomic E-state index is 0.185. The van der Waals surface area contributed by atoms with Gasteiger partial charge in [-0.15, -0.1) is 0 Å². The molecule has 2 fully saturated rings. The average Bonchev–Trinajstić information content (AvgIpc) is 3.52. The highest BCUT2D eigenvalue weighted by Crippen LogP contribution is 2.32. The van der Waals surface area contributed by atoms with Gasteiger partial charge in [-0.2, -0.15) is 0 Å². The van der Waals surface area contributed by atoms with E-state index in [2.05, 4.69) is 15.2 Å². The van der Waals surface area contributed by atoms with Gasteiger partial charge in [-0.25, -0.2) is 9.97 Å². The molecule has 1 aliphatic heterocycles. The number of anilines is 2. The van der Waals surface area contributed by atoms with Gasteiger partial charge in [0.25, 0.3) is 0 Å². The molecule has 144 valence electrons. The zero-order valence-corrected chi connectivity index (χ0v) is 16.3. The monoisotopic (exact) mass is 395 g/mol. The van der Waals surface area contributed by atoms with Crippen molar-refractivity contribution in [1.82, 2.24) is 15.0 Å². The SMILES string of the molecule is Clc1cccc(OC2CCN(c3nc4cnccc4nc3NC3CC3)CC2)c1. The van der Waals surface area contributed by atoms with Crippen LogP contribution in [0.5, 0.6) is 5.75 Å². The Labute approximate surface area is 168 Å². The Bertz CT molecular complexity index is 985. The molecule has 0 unspecified atom stereocenters. The van der Waals surface area contributed by atoms with Crippen molar-refractivity contribution in [2.45, 2.75) is 37.8 Å². The molecule has 1 aromatic carbocycles. The smallest absolute Gasteiger partial charge is 0.172 e. The van der Waals surface area contributed by atoms with Crippen LogP contribution in [-0.2, 0) is 0 Å². The zero-order chi connectivity index (χ0) is 18.9. The summed E-state index contributed by atoms with van der Waals surface area (Å²) in [7, 11) is 0. The fourth-order valence-electron chi connectivity index (χ4n) is 3.55. The number of fused-ring (bicyclic) bond motifs is 1. The van der Waals surface area contributed by atoms with Crippen LogP contribution >= 0.6 is 11.6 Å². The number of hydrogen-bond donors (Lipinski definition) is 1. The molecular formula is C21H22ClN5O. The Kier molecular flexibility index (Phi) is 4.64. The first-order valence-electron chi connectivity index (χ1n) is 9.80. The Balaban J connectivity index is 1.33. The first-order chi connectivity index (χ1) is 13.7. The number of nitrogens with one attached hydrogen (secondary N) is 1. The number of nitrogens with zero attached hydrogens (tertiary/aromatic N) is 4. The van der Waals surface area contributed by atoms with E-state index < -0.39 is 0 Å². The van der Waals surface area contributed by atoms with Crippen molar-refractivity contribution in [1.29, 1.82) is 0 Å². The molecule has 3 aromatic rings. The van der Waals surface area contributed by atoms with Crippen LogP contribution in [0.15, 0.2) is 42.7 Å². The molecule has 0 bridgehead atoms. The van der Waals surface area contributed by atoms with Gasteiger partial charge in [0.2, 0.25) is 0 Å². The Morgan fingerprint density at radius 2 is 1.89 bits per heavy atom. The largest absolute Gasteiger partial charge is 0.490 e. The number of pyridine rings is 1. The average molecular weight is 396 g/mol. The van der Waals surface area contributed by atoms with Crippen LogP contribution in [-0.4, -0.2) is 40.2 Å². The van der Waals surface area contributed by atoms with Crippen molar-refractivity contribution in [3.8, 4) is 5.75 Å². The number of benzene rings is 1. The molecule has 1 aliphatic carbocycles. The van der Waals surface area contributed by atoms with Crippen molar-refractivity contribution in [3.05, 3.63) is 47.7 Å². The topological polar surface area (TPSA) is 63.2 Å². The van der Waals surface area contributed by atoms with Crippen LogP contribution in [0.1, 0.15) is 25.7 Å².